The number of amides is 1. The highest BCUT2D eigenvalue weighted by Crippen LogP contribution is 2.29. The van der Waals surface area contributed by atoms with Gasteiger partial charge in [-0.3, -0.25) is 10.1 Å². The van der Waals surface area contributed by atoms with Gasteiger partial charge in [0.1, 0.15) is 0 Å². The standard InChI is InChI=1S/C14H28N2O/c1-7-9-12-15-11(8-2)13(17)16(12)10(3)14(4,5)6/h10-12,15H,7-9H2,1-6H3. The molecule has 1 aliphatic heterocycles. The van der Waals surface area contributed by atoms with Gasteiger partial charge in [0.05, 0.1) is 12.2 Å². The lowest BCUT2D eigenvalue weighted by molar-refractivity contribution is -0.134. The molecule has 0 radical (unpaired) electrons. The smallest absolute Gasteiger partial charge is 0.241 e. The van der Waals surface area contributed by atoms with Crippen LogP contribution in [0.2, 0.25) is 0 Å². The Labute approximate surface area is 106 Å². The van der Waals surface area contributed by atoms with Crippen LogP contribution in [0.15, 0.2) is 0 Å². The summed E-state index contributed by atoms with van der Waals surface area (Å²) in [6.07, 6.45) is 3.26. The highest BCUT2D eigenvalue weighted by atomic mass is 16.2. The topological polar surface area (TPSA) is 32.3 Å². The Morgan fingerprint density at radius 1 is 1.35 bits per heavy atom. The lowest BCUT2D eigenvalue weighted by atomic mass is 9.86. The predicted octanol–water partition coefficient (Wildman–Crippen LogP) is 2.76. The Hall–Kier alpha value is -0.570. The minimum atomic E-state index is 0.0244. The first-order valence-electron chi connectivity index (χ1n) is 6.91. The maximum absolute atomic E-state index is 12.4. The molecule has 0 aromatic heterocycles. The summed E-state index contributed by atoms with van der Waals surface area (Å²) < 4.78 is 0. The number of nitrogens with zero attached hydrogens (tertiary/aromatic N) is 1. The van der Waals surface area contributed by atoms with Gasteiger partial charge in [-0.2, -0.15) is 0 Å². The third-order valence-electron chi connectivity index (χ3n) is 3.92. The van der Waals surface area contributed by atoms with Crippen molar-refractivity contribution in [2.24, 2.45) is 5.41 Å². The molecule has 17 heavy (non-hydrogen) atoms. The number of carbonyl (C=O) groups is 1. The van der Waals surface area contributed by atoms with Gasteiger partial charge in [-0.1, -0.05) is 41.0 Å². The Morgan fingerprint density at radius 2 is 1.94 bits per heavy atom. The minimum Gasteiger partial charge on any atom is -0.323 e. The first-order chi connectivity index (χ1) is 7.82. The van der Waals surface area contributed by atoms with E-state index in [1.165, 1.54) is 0 Å². The number of hydrogen-bond donors (Lipinski definition) is 1. The fourth-order valence-electron chi connectivity index (χ4n) is 2.38. The van der Waals surface area contributed by atoms with E-state index < -0.39 is 0 Å². The van der Waals surface area contributed by atoms with Crippen LogP contribution in [0.5, 0.6) is 0 Å². The molecule has 1 aliphatic rings. The highest BCUT2D eigenvalue weighted by Gasteiger charge is 2.42. The van der Waals surface area contributed by atoms with Crippen LogP contribution >= 0.6 is 0 Å². The summed E-state index contributed by atoms with van der Waals surface area (Å²) in [5.74, 6) is 0.286. The van der Waals surface area contributed by atoms with Gasteiger partial charge < -0.3 is 4.90 Å². The van der Waals surface area contributed by atoms with Gasteiger partial charge in [0.15, 0.2) is 0 Å². The first kappa shape index (κ1) is 14.5. The summed E-state index contributed by atoms with van der Waals surface area (Å²) in [4.78, 5) is 14.5. The van der Waals surface area contributed by atoms with E-state index in [4.69, 9.17) is 0 Å². The van der Waals surface area contributed by atoms with Crippen LogP contribution in [0.25, 0.3) is 0 Å². The van der Waals surface area contributed by atoms with Gasteiger partial charge in [-0.15, -0.1) is 0 Å². The molecule has 0 bridgehead atoms. The zero-order valence-electron chi connectivity index (χ0n) is 12.2. The van der Waals surface area contributed by atoms with E-state index in [0.717, 1.165) is 19.3 Å². The third kappa shape index (κ3) is 3.01. The molecule has 0 aromatic carbocycles. The van der Waals surface area contributed by atoms with Crippen LogP contribution in [0.1, 0.15) is 60.8 Å². The average molecular weight is 240 g/mol. The van der Waals surface area contributed by atoms with E-state index >= 15 is 0 Å². The predicted molar refractivity (Wildman–Crippen MR) is 71.7 cm³/mol. The van der Waals surface area contributed by atoms with Crippen molar-refractivity contribution in [3.05, 3.63) is 0 Å². The largest absolute Gasteiger partial charge is 0.323 e. The van der Waals surface area contributed by atoms with Crippen LogP contribution in [-0.4, -0.2) is 29.1 Å². The molecule has 1 amide bonds. The fourth-order valence-corrected chi connectivity index (χ4v) is 2.38. The zero-order valence-corrected chi connectivity index (χ0v) is 12.2. The number of nitrogens with one attached hydrogen (secondary N) is 1. The van der Waals surface area contributed by atoms with Gasteiger partial charge >= 0.3 is 0 Å². The summed E-state index contributed by atoms with van der Waals surface area (Å²) in [7, 11) is 0. The van der Waals surface area contributed by atoms with E-state index in [-0.39, 0.29) is 29.6 Å². The van der Waals surface area contributed by atoms with Crippen LogP contribution in [0, 0.1) is 5.41 Å². The molecule has 0 saturated carbocycles. The zero-order chi connectivity index (χ0) is 13.2. The summed E-state index contributed by atoms with van der Waals surface area (Å²) >= 11 is 0. The second kappa shape index (κ2) is 5.38. The van der Waals surface area contributed by atoms with E-state index in [0.29, 0.717) is 0 Å². The van der Waals surface area contributed by atoms with Crippen molar-refractivity contribution in [1.29, 1.82) is 0 Å². The third-order valence-corrected chi connectivity index (χ3v) is 3.92. The lowest BCUT2D eigenvalue weighted by Gasteiger charge is -2.38. The van der Waals surface area contributed by atoms with Crippen LogP contribution in [0.4, 0.5) is 0 Å². The van der Waals surface area contributed by atoms with Crippen molar-refractivity contribution < 1.29 is 4.79 Å². The first-order valence-corrected chi connectivity index (χ1v) is 6.91. The van der Waals surface area contributed by atoms with Gasteiger partial charge in [0.2, 0.25) is 5.91 Å². The Balaban J connectivity index is 2.88. The van der Waals surface area contributed by atoms with Crippen molar-refractivity contribution in [1.82, 2.24) is 10.2 Å². The van der Waals surface area contributed by atoms with Gasteiger partial charge in [0, 0.05) is 6.04 Å². The van der Waals surface area contributed by atoms with E-state index in [1.54, 1.807) is 0 Å². The summed E-state index contributed by atoms with van der Waals surface area (Å²) in [5, 5.41) is 3.47. The lowest BCUT2D eigenvalue weighted by Crippen LogP contribution is -2.48. The number of rotatable bonds is 4. The molecule has 100 valence electrons. The van der Waals surface area contributed by atoms with Crippen molar-refractivity contribution in [3.63, 3.8) is 0 Å². The molecule has 0 spiro atoms. The molecule has 0 aliphatic carbocycles. The van der Waals surface area contributed by atoms with Crippen molar-refractivity contribution >= 4 is 5.91 Å². The molecule has 3 heteroatoms. The van der Waals surface area contributed by atoms with Crippen LogP contribution < -0.4 is 5.32 Å². The molecule has 3 atom stereocenters. The highest BCUT2D eigenvalue weighted by molar-refractivity contribution is 5.84. The Morgan fingerprint density at radius 3 is 2.35 bits per heavy atom. The maximum atomic E-state index is 12.4. The Kier molecular flexibility index (Phi) is 4.59. The van der Waals surface area contributed by atoms with Gasteiger partial charge in [-0.25, -0.2) is 0 Å². The van der Waals surface area contributed by atoms with Crippen molar-refractivity contribution in [2.75, 3.05) is 0 Å². The SMILES string of the molecule is CCCC1NC(CC)C(=O)N1C(C)C(C)(C)C. The van der Waals surface area contributed by atoms with Crippen LogP contribution in [0.3, 0.4) is 0 Å². The average Bonchev–Trinajstić information content (AvgIpc) is 2.53. The summed E-state index contributed by atoms with van der Waals surface area (Å²) in [5.41, 5.74) is 0.131. The van der Waals surface area contributed by atoms with E-state index in [2.05, 4.69) is 51.8 Å². The second-order valence-corrected chi connectivity index (χ2v) is 6.22. The molecular weight excluding hydrogens is 212 g/mol. The maximum Gasteiger partial charge on any atom is 0.241 e. The molecule has 0 aromatic rings. The summed E-state index contributed by atoms with van der Waals surface area (Å²) in [6, 6.07) is 0.298. The quantitative estimate of drug-likeness (QED) is 0.819. The van der Waals surface area contributed by atoms with Crippen LogP contribution in [-0.2, 0) is 4.79 Å². The molecule has 3 unspecified atom stereocenters. The number of hydrogen-bond acceptors (Lipinski definition) is 2. The van der Waals surface area contributed by atoms with E-state index in [1.807, 2.05) is 0 Å². The Bertz CT molecular complexity index is 270. The number of carbonyl (C=O) groups excluding carboxylic acids is 1. The van der Waals surface area contributed by atoms with Crippen molar-refractivity contribution in [3.8, 4) is 0 Å². The van der Waals surface area contributed by atoms with Crippen molar-refractivity contribution in [2.45, 2.75) is 79.1 Å². The molecule has 1 fully saturated rings. The molecule has 1 rings (SSSR count). The summed E-state index contributed by atoms with van der Waals surface area (Å²) in [6.45, 7) is 13.0. The fraction of sp³-hybridized carbons (Fsp3) is 0.929. The molecular formula is C14H28N2O. The van der Waals surface area contributed by atoms with Gasteiger partial charge in [-0.05, 0) is 25.2 Å². The monoisotopic (exact) mass is 240 g/mol. The normalized spacial score (nSPS) is 27.6. The molecule has 1 N–H and O–H groups in total. The second-order valence-electron chi connectivity index (χ2n) is 6.22. The van der Waals surface area contributed by atoms with E-state index in [9.17, 15) is 4.79 Å². The molecule has 1 heterocycles. The minimum absolute atomic E-state index is 0.0244. The molecule has 3 nitrogen and oxygen atoms in total. The molecule has 1 saturated heterocycles. The van der Waals surface area contributed by atoms with Gasteiger partial charge in [0.25, 0.3) is 0 Å².